The van der Waals surface area contributed by atoms with Crippen LogP contribution in [0, 0.1) is 0 Å². The second-order valence-corrected chi connectivity index (χ2v) is 10.7. The zero-order valence-corrected chi connectivity index (χ0v) is 22.0. The number of carbonyl (C=O) groups is 3. The fourth-order valence-electron chi connectivity index (χ4n) is 4.93. The first-order chi connectivity index (χ1) is 17.6. The number of ether oxygens (including phenoxy) is 3. The molecule has 37 heavy (non-hydrogen) atoms. The number of aryl methyl sites for hydroxylation is 1. The van der Waals surface area contributed by atoms with Crippen LogP contribution in [0.2, 0.25) is 0 Å². The molecule has 1 N–H and O–H groups in total. The number of benzene rings is 2. The number of hydrogen-bond acceptors (Lipinski definition) is 6. The van der Waals surface area contributed by atoms with E-state index in [-0.39, 0.29) is 24.6 Å². The summed E-state index contributed by atoms with van der Waals surface area (Å²) in [6, 6.07) is 14.4. The Hall–Kier alpha value is -3.39. The lowest BCUT2D eigenvalue weighted by molar-refractivity contribution is -0.126. The highest BCUT2D eigenvalue weighted by Crippen LogP contribution is 2.31. The molecule has 1 aliphatic heterocycles. The van der Waals surface area contributed by atoms with Crippen LogP contribution in [-0.4, -0.2) is 54.3 Å². The van der Waals surface area contributed by atoms with Gasteiger partial charge in [0, 0.05) is 6.42 Å². The van der Waals surface area contributed by atoms with Crippen molar-refractivity contribution in [1.29, 1.82) is 0 Å². The van der Waals surface area contributed by atoms with Gasteiger partial charge in [-0.15, -0.1) is 0 Å². The summed E-state index contributed by atoms with van der Waals surface area (Å²) in [5.74, 6) is -0.591. The van der Waals surface area contributed by atoms with Gasteiger partial charge >= 0.3 is 12.1 Å². The highest BCUT2D eigenvalue weighted by Gasteiger charge is 2.42. The molecule has 1 unspecified atom stereocenters. The number of esters is 1. The van der Waals surface area contributed by atoms with E-state index in [1.807, 2.05) is 12.1 Å². The molecule has 2 aliphatic rings. The zero-order chi connectivity index (χ0) is 26.6. The summed E-state index contributed by atoms with van der Waals surface area (Å²) >= 11 is 0. The van der Waals surface area contributed by atoms with E-state index in [1.54, 1.807) is 45.0 Å². The predicted molar refractivity (Wildman–Crippen MR) is 138 cm³/mol. The Morgan fingerprint density at radius 2 is 1.78 bits per heavy atom. The third-order valence-electron chi connectivity index (χ3n) is 6.74. The number of hydrogen-bond donors (Lipinski definition) is 1. The largest absolute Gasteiger partial charge is 0.465 e. The van der Waals surface area contributed by atoms with Gasteiger partial charge in [0.05, 0.1) is 38.0 Å². The van der Waals surface area contributed by atoms with E-state index >= 15 is 0 Å². The van der Waals surface area contributed by atoms with Crippen LogP contribution in [-0.2, 0) is 32.0 Å². The van der Waals surface area contributed by atoms with Gasteiger partial charge in [-0.2, -0.15) is 0 Å². The first kappa shape index (κ1) is 26.7. The lowest BCUT2D eigenvalue weighted by Crippen LogP contribution is -2.48. The molecule has 2 aromatic rings. The summed E-state index contributed by atoms with van der Waals surface area (Å²) in [6.45, 7) is 5.97. The number of nitrogens with zero attached hydrogens (tertiary/aromatic N) is 1. The van der Waals surface area contributed by atoms with Gasteiger partial charge in [-0.25, -0.2) is 9.59 Å². The summed E-state index contributed by atoms with van der Waals surface area (Å²) in [5.41, 5.74) is 3.06. The average Bonchev–Trinajstić information content (AvgIpc) is 3.31. The molecule has 3 atom stereocenters. The molecule has 198 valence electrons. The van der Waals surface area contributed by atoms with Crippen molar-refractivity contribution in [3.05, 3.63) is 70.8 Å². The highest BCUT2D eigenvalue weighted by atomic mass is 16.6. The molecule has 1 aliphatic carbocycles. The topological polar surface area (TPSA) is 94.2 Å². The van der Waals surface area contributed by atoms with Crippen molar-refractivity contribution < 1.29 is 28.6 Å². The monoisotopic (exact) mass is 508 g/mol. The van der Waals surface area contributed by atoms with E-state index in [1.165, 1.54) is 17.6 Å². The third kappa shape index (κ3) is 6.68. The molecule has 1 saturated heterocycles. The van der Waals surface area contributed by atoms with Crippen LogP contribution in [0.3, 0.4) is 0 Å². The van der Waals surface area contributed by atoms with E-state index < -0.39 is 23.7 Å². The van der Waals surface area contributed by atoms with Crippen molar-refractivity contribution in [2.24, 2.45) is 0 Å². The molecule has 1 heterocycles. The SMILES string of the molecule is COC(=O)c1ccc(CO[C@H]2CC(C(=O)N[C@@H]3CCCc4ccccc43)N(C(=O)OC(C)(C)C)C2)cc1. The molecule has 8 heteroatoms. The molecule has 4 rings (SSSR count). The zero-order valence-electron chi connectivity index (χ0n) is 22.0. The van der Waals surface area contributed by atoms with Crippen molar-refractivity contribution in [3.63, 3.8) is 0 Å². The van der Waals surface area contributed by atoms with Gasteiger partial charge in [-0.3, -0.25) is 9.69 Å². The quantitative estimate of drug-likeness (QED) is 0.575. The lowest BCUT2D eigenvalue weighted by Gasteiger charge is -2.30. The molecule has 0 radical (unpaired) electrons. The summed E-state index contributed by atoms with van der Waals surface area (Å²) in [7, 11) is 1.34. The molecule has 0 aromatic heterocycles. The Morgan fingerprint density at radius 3 is 2.49 bits per heavy atom. The maximum Gasteiger partial charge on any atom is 0.411 e. The van der Waals surface area contributed by atoms with Gasteiger partial charge in [-0.05, 0) is 68.9 Å². The number of carbonyl (C=O) groups excluding carboxylic acids is 3. The number of methoxy groups -OCH3 is 1. The molecule has 8 nitrogen and oxygen atoms in total. The summed E-state index contributed by atoms with van der Waals surface area (Å²) in [6.07, 6.45) is 2.39. The van der Waals surface area contributed by atoms with E-state index in [0.717, 1.165) is 30.4 Å². The van der Waals surface area contributed by atoms with Crippen LogP contribution in [0.5, 0.6) is 0 Å². The Labute approximate surface area is 218 Å². The van der Waals surface area contributed by atoms with E-state index in [4.69, 9.17) is 14.2 Å². The average molecular weight is 509 g/mol. The Balaban J connectivity index is 1.44. The summed E-state index contributed by atoms with van der Waals surface area (Å²) in [5, 5.41) is 3.19. The second kappa shape index (κ2) is 11.3. The minimum Gasteiger partial charge on any atom is -0.465 e. The first-order valence-electron chi connectivity index (χ1n) is 12.8. The van der Waals surface area contributed by atoms with Crippen LogP contribution in [0.1, 0.15) is 73.1 Å². The summed E-state index contributed by atoms with van der Waals surface area (Å²) in [4.78, 5) is 39.7. The van der Waals surface area contributed by atoms with Crippen molar-refractivity contribution in [1.82, 2.24) is 10.2 Å². The van der Waals surface area contributed by atoms with E-state index in [9.17, 15) is 14.4 Å². The van der Waals surface area contributed by atoms with Crippen molar-refractivity contribution in [2.75, 3.05) is 13.7 Å². The number of amides is 2. The Kier molecular flexibility index (Phi) is 8.17. The van der Waals surface area contributed by atoms with Gasteiger partial charge < -0.3 is 19.5 Å². The molecular formula is C29H36N2O6. The van der Waals surface area contributed by atoms with Crippen molar-refractivity contribution in [3.8, 4) is 0 Å². The van der Waals surface area contributed by atoms with Gasteiger partial charge in [0.25, 0.3) is 0 Å². The molecule has 0 spiro atoms. The van der Waals surface area contributed by atoms with E-state index in [2.05, 4.69) is 17.4 Å². The number of rotatable bonds is 6. The number of nitrogens with one attached hydrogen (secondary N) is 1. The minimum atomic E-state index is -0.685. The maximum atomic E-state index is 13.5. The van der Waals surface area contributed by atoms with E-state index in [0.29, 0.717) is 18.6 Å². The van der Waals surface area contributed by atoms with Gasteiger partial charge in [0.2, 0.25) is 5.91 Å². The second-order valence-electron chi connectivity index (χ2n) is 10.7. The smallest absolute Gasteiger partial charge is 0.411 e. The van der Waals surface area contributed by atoms with Crippen molar-refractivity contribution >= 4 is 18.0 Å². The maximum absolute atomic E-state index is 13.5. The first-order valence-corrected chi connectivity index (χ1v) is 12.8. The van der Waals surface area contributed by atoms with Crippen LogP contribution in [0.25, 0.3) is 0 Å². The molecule has 1 fully saturated rings. The lowest BCUT2D eigenvalue weighted by atomic mass is 9.87. The normalized spacial score (nSPS) is 21.2. The molecule has 0 bridgehead atoms. The van der Waals surface area contributed by atoms with Crippen LogP contribution >= 0.6 is 0 Å². The predicted octanol–water partition coefficient (Wildman–Crippen LogP) is 4.56. The summed E-state index contributed by atoms with van der Waals surface area (Å²) < 4.78 is 16.5. The number of likely N-dealkylation sites (tertiary alicyclic amines) is 1. The fraction of sp³-hybridized carbons (Fsp3) is 0.483. The molecule has 2 aromatic carbocycles. The van der Waals surface area contributed by atoms with Gasteiger partial charge in [0.1, 0.15) is 11.6 Å². The fourth-order valence-corrected chi connectivity index (χ4v) is 4.93. The van der Waals surface area contributed by atoms with Gasteiger partial charge in [-0.1, -0.05) is 36.4 Å². The van der Waals surface area contributed by atoms with Crippen LogP contribution in [0.15, 0.2) is 48.5 Å². The molecule has 2 amide bonds. The van der Waals surface area contributed by atoms with Crippen LogP contribution in [0.4, 0.5) is 4.79 Å². The van der Waals surface area contributed by atoms with Crippen LogP contribution < -0.4 is 5.32 Å². The molecule has 0 saturated carbocycles. The standard InChI is InChI=1S/C29H36N2O6/c1-29(2,3)37-28(34)31-17-22(36-18-19-12-14-21(15-13-19)27(33)35-4)16-25(31)26(32)30-24-11-7-9-20-8-5-6-10-23(20)24/h5-6,8,10,12-15,22,24-25H,7,9,11,16-18H2,1-4H3,(H,30,32)/t22-,24+,25?/m0/s1. The minimum absolute atomic E-state index is 0.0776. The highest BCUT2D eigenvalue weighted by molar-refractivity contribution is 5.89. The Bertz CT molecular complexity index is 1120. The third-order valence-corrected chi connectivity index (χ3v) is 6.74. The number of fused-ring (bicyclic) bond motifs is 1. The molecular weight excluding hydrogens is 472 g/mol. The Morgan fingerprint density at radius 1 is 1.05 bits per heavy atom. The van der Waals surface area contributed by atoms with Gasteiger partial charge in [0.15, 0.2) is 0 Å². The van der Waals surface area contributed by atoms with Crippen molar-refractivity contribution in [2.45, 2.75) is 76.9 Å².